The topological polar surface area (TPSA) is 62.3 Å². The van der Waals surface area contributed by atoms with Crippen molar-refractivity contribution >= 4 is 17.4 Å². The van der Waals surface area contributed by atoms with Crippen molar-refractivity contribution in [3.05, 3.63) is 41.1 Å². The summed E-state index contributed by atoms with van der Waals surface area (Å²) in [4.78, 5) is 32.6. The van der Waals surface area contributed by atoms with E-state index in [0.29, 0.717) is 50.7 Å². The summed E-state index contributed by atoms with van der Waals surface area (Å²) in [5, 5.41) is 0. The highest BCUT2D eigenvalue weighted by Gasteiger charge is 2.43. The molecule has 0 bridgehead atoms. The minimum absolute atomic E-state index is 0.00539. The molecule has 3 aliphatic heterocycles. The summed E-state index contributed by atoms with van der Waals surface area (Å²) < 4.78 is 11.3. The first-order chi connectivity index (χ1) is 14.4. The van der Waals surface area contributed by atoms with E-state index in [0.717, 1.165) is 24.2 Å². The first kappa shape index (κ1) is 21.0. The van der Waals surface area contributed by atoms with Crippen LogP contribution in [0.4, 0.5) is 0 Å². The number of benzene rings is 1. The Kier molecular flexibility index (Phi) is 6.22. The van der Waals surface area contributed by atoms with Gasteiger partial charge in [-0.2, -0.15) is 0 Å². The Bertz CT molecular complexity index is 819. The van der Waals surface area contributed by atoms with Gasteiger partial charge in [0.2, 0.25) is 0 Å². The van der Waals surface area contributed by atoms with Crippen LogP contribution in [-0.2, 0) is 19.1 Å². The van der Waals surface area contributed by atoms with Crippen LogP contribution >= 0.6 is 0 Å². The molecule has 2 amide bonds. The summed E-state index contributed by atoms with van der Waals surface area (Å²) in [6.45, 7) is 11.4. The lowest BCUT2D eigenvalue weighted by Gasteiger charge is -2.37. The number of carbonyl (C=O) groups excluding carboxylic acids is 2. The fourth-order valence-corrected chi connectivity index (χ4v) is 4.47. The normalized spacial score (nSPS) is 26.1. The van der Waals surface area contributed by atoms with Crippen molar-refractivity contribution in [1.29, 1.82) is 0 Å². The molecular weight excluding hydrogens is 382 g/mol. The summed E-state index contributed by atoms with van der Waals surface area (Å²) in [5.41, 5.74) is 2.96. The monoisotopic (exact) mass is 413 g/mol. The number of rotatable bonds is 5. The Balaban J connectivity index is 1.63. The lowest BCUT2D eigenvalue weighted by molar-refractivity contribution is -0.138. The Labute approximate surface area is 178 Å². The molecule has 0 spiro atoms. The van der Waals surface area contributed by atoms with Gasteiger partial charge in [0.25, 0.3) is 11.8 Å². The second-order valence-corrected chi connectivity index (χ2v) is 8.47. The summed E-state index contributed by atoms with van der Waals surface area (Å²) in [6, 6.07) is 7.85. The number of carbonyl (C=O) groups is 2. The molecule has 7 nitrogen and oxygen atoms in total. The van der Waals surface area contributed by atoms with E-state index >= 15 is 0 Å². The molecule has 2 fully saturated rings. The molecule has 3 heterocycles. The molecule has 2 atom stereocenters. The Hall–Kier alpha value is -2.22. The van der Waals surface area contributed by atoms with Gasteiger partial charge in [0.15, 0.2) is 0 Å². The molecule has 162 valence electrons. The molecule has 0 radical (unpaired) electrons. The maximum absolute atomic E-state index is 13.5. The van der Waals surface area contributed by atoms with Crippen LogP contribution < -0.4 is 0 Å². The molecule has 30 heavy (non-hydrogen) atoms. The van der Waals surface area contributed by atoms with Gasteiger partial charge in [-0.15, -0.1) is 0 Å². The first-order valence-electron chi connectivity index (χ1n) is 10.8. The minimum Gasteiger partial charge on any atom is -0.379 e. The summed E-state index contributed by atoms with van der Waals surface area (Å²) in [7, 11) is 0. The first-order valence-corrected chi connectivity index (χ1v) is 10.8. The van der Waals surface area contributed by atoms with Crippen LogP contribution in [-0.4, -0.2) is 91.2 Å². The number of hydrogen-bond donors (Lipinski definition) is 0. The quantitative estimate of drug-likeness (QED) is 0.682. The molecule has 0 saturated carbocycles. The third-order valence-corrected chi connectivity index (χ3v) is 5.96. The zero-order chi connectivity index (χ0) is 21.3. The molecule has 0 N–H and O–H groups in total. The van der Waals surface area contributed by atoms with Gasteiger partial charge in [0.05, 0.1) is 31.0 Å². The van der Waals surface area contributed by atoms with E-state index < -0.39 is 0 Å². The largest absolute Gasteiger partial charge is 0.379 e. The van der Waals surface area contributed by atoms with E-state index in [-0.39, 0.29) is 24.0 Å². The molecule has 4 rings (SSSR count). The predicted octanol–water partition coefficient (Wildman–Crippen LogP) is 1.52. The van der Waals surface area contributed by atoms with Crippen LogP contribution in [0.15, 0.2) is 30.0 Å². The van der Waals surface area contributed by atoms with Crippen LogP contribution in [0.3, 0.4) is 0 Å². The zero-order valence-electron chi connectivity index (χ0n) is 18.1. The Morgan fingerprint density at radius 1 is 0.933 bits per heavy atom. The van der Waals surface area contributed by atoms with Crippen molar-refractivity contribution in [3.8, 4) is 0 Å². The van der Waals surface area contributed by atoms with E-state index in [2.05, 4.69) is 4.90 Å². The number of nitrogens with zero attached hydrogens (tertiary/aromatic N) is 3. The van der Waals surface area contributed by atoms with Gasteiger partial charge in [-0.05, 0) is 26.3 Å². The van der Waals surface area contributed by atoms with Crippen LogP contribution in [0.1, 0.15) is 25.0 Å². The third kappa shape index (κ3) is 4.29. The molecule has 2 saturated heterocycles. The van der Waals surface area contributed by atoms with Gasteiger partial charge in [0, 0.05) is 39.3 Å². The SMILES string of the molecule is Cc1ccc(C2=C(N3CC(C)OC(C)C3)C(=O)N(CCN3CCOCC3)C2=O)cc1. The van der Waals surface area contributed by atoms with Gasteiger partial charge in [0.1, 0.15) is 5.70 Å². The van der Waals surface area contributed by atoms with Crippen molar-refractivity contribution in [2.75, 3.05) is 52.5 Å². The second-order valence-electron chi connectivity index (χ2n) is 8.47. The summed E-state index contributed by atoms with van der Waals surface area (Å²) in [6.07, 6.45) is 0.0108. The smallest absolute Gasteiger partial charge is 0.277 e. The Morgan fingerprint density at radius 2 is 1.57 bits per heavy atom. The van der Waals surface area contributed by atoms with Crippen molar-refractivity contribution in [2.24, 2.45) is 0 Å². The molecule has 1 aromatic rings. The highest BCUT2D eigenvalue weighted by atomic mass is 16.5. The van der Waals surface area contributed by atoms with Crippen LogP contribution in [0.2, 0.25) is 0 Å². The molecule has 0 aliphatic carbocycles. The highest BCUT2D eigenvalue weighted by Crippen LogP contribution is 2.33. The van der Waals surface area contributed by atoms with Crippen LogP contribution in [0.25, 0.3) is 5.57 Å². The number of aryl methyl sites for hydroxylation is 1. The molecule has 0 aromatic heterocycles. The van der Waals surface area contributed by atoms with E-state index in [4.69, 9.17) is 9.47 Å². The summed E-state index contributed by atoms with van der Waals surface area (Å²) >= 11 is 0. The minimum atomic E-state index is -0.195. The van der Waals surface area contributed by atoms with Crippen LogP contribution in [0, 0.1) is 6.92 Å². The molecule has 1 aromatic carbocycles. The van der Waals surface area contributed by atoms with E-state index in [1.807, 2.05) is 49.9 Å². The van der Waals surface area contributed by atoms with Crippen molar-refractivity contribution in [2.45, 2.75) is 33.0 Å². The van der Waals surface area contributed by atoms with Gasteiger partial charge in [-0.1, -0.05) is 29.8 Å². The lowest BCUT2D eigenvalue weighted by atomic mass is 10.0. The van der Waals surface area contributed by atoms with Gasteiger partial charge in [-0.3, -0.25) is 19.4 Å². The average molecular weight is 414 g/mol. The van der Waals surface area contributed by atoms with Crippen molar-refractivity contribution < 1.29 is 19.1 Å². The van der Waals surface area contributed by atoms with E-state index in [9.17, 15) is 9.59 Å². The van der Waals surface area contributed by atoms with Gasteiger partial charge >= 0.3 is 0 Å². The average Bonchev–Trinajstić information content (AvgIpc) is 2.97. The molecular formula is C23H31N3O4. The summed E-state index contributed by atoms with van der Waals surface area (Å²) in [5.74, 6) is -0.385. The van der Waals surface area contributed by atoms with Crippen LogP contribution in [0.5, 0.6) is 0 Å². The number of imide groups is 1. The fraction of sp³-hybridized carbons (Fsp3) is 0.565. The second kappa shape index (κ2) is 8.88. The molecule has 3 aliphatic rings. The Morgan fingerprint density at radius 3 is 2.20 bits per heavy atom. The predicted molar refractivity (Wildman–Crippen MR) is 114 cm³/mol. The standard InChI is InChI=1S/C23H31N3O4/c1-16-4-6-19(7-5-16)20-21(25-14-17(2)30-18(3)15-25)23(28)26(22(20)27)9-8-24-10-12-29-13-11-24/h4-7,17-18H,8-15H2,1-3H3. The zero-order valence-corrected chi connectivity index (χ0v) is 18.1. The maximum Gasteiger partial charge on any atom is 0.277 e. The highest BCUT2D eigenvalue weighted by molar-refractivity contribution is 6.35. The van der Waals surface area contributed by atoms with Crippen molar-refractivity contribution in [3.63, 3.8) is 0 Å². The maximum atomic E-state index is 13.5. The van der Waals surface area contributed by atoms with Crippen molar-refractivity contribution in [1.82, 2.24) is 14.7 Å². The number of hydrogen-bond acceptors (Lipinski definition) is 6. The third-order valence-electron chi connectivity index (χ3n) is 5.96. The van der Waals surface area contributed by atoms with Gasteiger partial charge in [-0.25, -0.2) is 0 Å². The molecule has 7 heteroatoms. The molecule has 2 unspecified atom stereocenters. The van der Waals surface area contributed by atoms with Gasteiger partial charge < -0.3 is 14.4 Å². The number of morpholine rings is 2. The van der Waals surface area contributed by atoms with E-state index in [1.165, 1.54) is 4.90 Å². The number of amides is 2. The van der Waals surface area contributed by atoms with E-state index in [1.54, 1.807) is 0 Å². The fourth-order valence-electron chi connectivity index (χ4n) is 4.47. The number of ether oxygens (including phenoxy) is 2. The lowest BCUT2D eigenvalue weighted by Crippen LogP contribution is -2.48.